The first kappa shape index (κ1) is 22.9. The number of hydrogen-bond donors (Lipinski definition) is 0. The minimum Gasteiger partial charge on any atom is -0.298 e. The molecule has 1 unspecified atom stereocenters. The van der Waals surface area contributed by atoms with Crippen LogP contribution in [0, 0.1) is 0 Å². The summed E-state index contributed by atoms with van der Waals surface area (Å²) >= 11 is 0. The Morgan fingerprint density at radius 3 is 2.00 bits per heavy atom. The zero-order valence-electron chi connectivity index (χ0n) is 18.4. The van der Waals surface area contributed by atoms with Crippen LogP contribution in [-0.2, 0) is 18.3 Å². The third-order valence-electron chi connectivity index (χ3n) is 6.67. The van der Waals surface area contributed by atoms with Gasteiger partial charge in [0.15, 0.2) is 0 Å². The van der Waals surface area contributed by atoms with Crippen molar-refractivity contribution in [2.45, 2.75) is 83.0 Å². The number of nitrogens with zero attached hydrogens (tertiary/aromatic N) is 1. The molecule has 3 rings (SSSR count). The van der Waals surface area contributed by atoms with Crippen LogP contribution >= 0.6 is 0 Å². The van der Waals surface area contributed by atoms with Crippen LogP contribution in [0.3, 0.4) is 0 Å². The number of benzene rings is 2. The number of rotatable bonds is 10. The van der Waals surface area contributed by atoms with Crippen molar-refractivity contribution in [2.75, 3.05) is 6.54 Å². The Labute approximate surface area is 179 Å². The van der Waals surface area contributed by atoms with Gasteiger partial charge in [0.1, 0.15) is 0 Å². The fraction of sp³-hybridized carbons (Fsp3) is 0.538. The number of halogens is 3. The van der Waals surface area contributed by atoms with Crippen LogP contribution in [-0.4, -0.2) is 29.7 Å². The van der Waals surface area contributed by atoms with Crippen LogP contribution in [0.15, 0.2) is 54.6 Å². The number of alkyl halides is 3. The monoisotopic (exact) mass is 417 g/mol. The van der Waals surface area contributed by atoms with Gasteiger partial charge in [-0.1, -0.05) is 61.5 Å². The summed E-state index contributed by atoms with van der Waals surface area (Å²) in [5.41, 5.74) is 1.33. The van der Waals surface area contributed by atoms with Gasteiger partial charge in [0.25, 0.3) is 0 Å². The molecule has 0 amide bonds. The van der Waals surface area contributed by atoms with Gasteiger partial charge in [-0.3, -0.25) is 4.90 Å². The first-order valence-electron chi connectivity index (χ1n) is 11.2. The van der Waals surface area contributed by atoms with Crippen molar-refractivity contribution in [3.63, 3.8) is 0 Å². The molecule has 1 atom stereocenters. The van der Waals surface area contributed by atoms with E-state index in [1.54, 1.807) is 12.1 Å². The molecule has 1 aliphatic rings. The molecule has 1 fully saturated rings. The summed E-state index contributed by atoms with van der Waals surface area (Å²) in [4.78, 5) is 2.57. The van der Waals surface area contributed by atoms with Crippen LogP contribution in [0.25, 0.3) is 0 Å². The van der Waals surface area contributed by atoms with Gasteiger partial charge in [-0.25, -0.2) is 0 Å². The van der Waals surface area contributed by atoms with E-state index in [1.807, 2.05) is 18.2 Å². The van der Waals surface area contributed by atoms with E-state index < -0.39 is 11.6 Å². The van der Waals surface area contributed by atoms with Crippen LogP contribution in [0.4, 0.5) is 13.2 Å². The SMILES string of the molecule is CCC(CCc1ccc(C2(C(F)(F)F)CC2)cc1)N(CCc1ccccc1)C(C)C. The van der Waals surface area contributed by atoms with Crippen LogP contribution in [0.1, 0.15) is 63.1 Å². The molecule has 0 saturated heterocycles. The fourth-order valence-corrected chi connectivity index (χ4v) is 4.55. The van der Waals surface area contributed by atoms with E-state index in [-0.39, 0.29) is 12.8 Å². The zero-order valence-corrected chi connectivity index (χ0v) is 18.4. The molecule has 164 valence electrons. The van der Waals surface area contributed by atoms with Gasteiger partial charge in [0.2, 0.25) is 0 Å². The van der Waals surface area contributed by atoms with E-state index in [2.05, 4.69) is 49.9 Å². The Balaban J connectivity index is 1.59. The molecular weight excluding hydrogens is 383 g/mol. The second kappa shape index (κ2) is 9.55. The lowest BCUT2D eigenvalue weighted by Gasteiger charge is -2.35. The Kier molecular flexibility index (Phi) is 7.28. The van der Waals surface area contributed by atoms with Crippen molar-refractivity contribution in [1.29, 1.82) is 0 Å². The smallest absolute Gasteiger partial charge is 0.298 e. The van der Waals surface area contributed by atoms with Gasteiger partial charge in [-0.15, -0.1) is 0 Å². The lowest BCUT2D eigenvalue weighted by molar-refractivity contribution is -0.160. The van der Waals surface area contributed by atoms with E-state index in [0.717, 1.165) is 37.8 Å². The molecule has 0 heterocycles. The van der Waals surface area contributed by atoms with Crippen molar-refractivity contribution in [3.05, 3.63) is 71.3 Å². The van der Waals surface area contributed by atoms with Crippen LogP contribution < -0.4 is 0 Å². The maximum absolute atomic E-state index is 13.3. The summed E-state index contributed by atoms with van der Waals surface area (Å²) in [7, 11) is 0. The molecule has 0 radical (unpaired) electrons. The van der Waals surface area contributed by atoms with E-state index in [9.17, 15) is 13.2 Å². The van der Waals surface area contributed by atoms with E-state index in [0.29, 0.717) is 17.6 Å². The highest BCUT2D eigenvalue weighted by atomic mass is 19.4. The van der Waals surface area contributed by atoms with Gasteiger partial charge in [0.05, 0.1) is 5.41 Å². The van der Waals surface area contributed by atoms with Gasteiger partial charge in [-0.05, 0) is 69.1 Å². The predicted octanol–water partition coefficient (Wildman–Crippen LogP) is 6.94. The number of hydrogen-bond acceptors (Lipinski definition) is 1. The third kappa shape index (κ3) is 5.26. The second-order valence-corrected chi connectivity index (χ2v) is 8.94. The molecule has 0 bridgehead atoms. The average molecular weight is 418 g/mol. The summed E-state index contributed by atoms with van der Waals surface area (Å²) < 4.78 is 40.0. The van der Waals surface area contributed by atoms with Crippen molar-refractivity contribution < 1.29 is 13.2 Å². The maximum atomic E-state index is 13.3. The maximum Gasteiger partial charge on any atom is 0.398 e. The lowest BCUT2D eigenvalue weighted by Crippen LogP contribution is -2.41. The molecular formula is C26H34F3N. The van der Waals surface area contributed by atoms with Gasteiger partial charge in [-0.2, -0.15) is 13.2 Å². The molecule has 2 aromatic carbocycles. The van der Waals surface area contributed by atoms with E-state index in [1.165, 1.54) is 5.56 Å². The summed E-state index contributed by atoms with van der Waals surface area (Å²) in [6, 6.07) is 18.7. The molecule has 0 spiro atoms. The molecule has 2 aromatic rings. The van der Waals surface area contributed by atoms with Crippen molar-refractivity contribution in [3.8, 4) is 0 Å². The second-order valence-electron chi connectivity index (χ2n) is 8.94. The standard InChI is InChI=1S/C26H34F3N/c1-4-24(30(20(2)3)19-16-21-8-6-5-7-9-21)15-12-22-10-13-23(14-11-22)25(17-18-25)26(27,28)29/h5-11,13-14,20,24H,4,12,15-19H2,1-3H3. The quantitative estimate of drug-likeness (QED) is 0.404. The predicted molar refractivity (Wildman–Crippen MR) is 118 cm³/mol. The molecule has 1 aliphatic carbocycles. The summed E-state index contributed by atoms with van der Waals surface area (Å²) in [5.74, 6) is 0. The Morgan fingerprint density at radius 1 is 0.900 bits per heavy atom. The van der Waals surface area contributed by atoms with Gasteiger partial charge < -0.3 is 0 Å². The molecule has 1 nitrogen and oxygen atoms in total. The topological polar surface area (TPSA) is 3.24 Å². The largest absolute Gasteiger partial charge is 0.398 e. The molecule has 30 heavy (non-hydrogen) atoms. The molecule has 0 aliphatic heterocycles. The van der Waals surface area contributed by atoms with E-state index >= 15 is 0 Å². The first-order valence-corrected chi connectivity index (χ1v) is 11.2. The summed E-state index contributed by atoms with van der Waals surface area (Å²) in [6.45, 7) is 7.74. The minimum atomic E-state index is -4.14. The first-order chi connectivity index (χ1) is 14.3. The lowest BCUT2D eigenvalue weighted by atomic mass is 9.93. The normalized spacial score (nSPS) is 16.8. The third-order valence-corrected chi connectivity index (χ3v) is 6.67. The molecule has 1 saturated carbocycles. The average Bonchev–Trinajstić information content (AvgIpc) is 3.53. The summed E-state index contributed by atoms with van der Waals surface area (Å²) in [5, 5.41) is 0. The molecule has 0 N–H and O–H groups in total. The Bertz CT molecular complexity index is 776. The van der Waals surface area contributed by atoms with Crippen LogP contribution in [0.2, 0.25) is 0 Å². The van der Waals surface area contributed by atoms with E-state index in [4.69, 9.17) is 0 Å². The Morgan fingerprint density at radius 2 is 1.50 bits per heavy atom. The number of aryl methyl sites for hydroxylation is 1. The zero-order chi connectivity index (χ0) is 21.8. The van der Waals surface area contributed by atoms with Crippen molar-refractivity contribution >= 4 is 0 Å². The van der Waals surface area contributed by atoms with Crippen molar-refractivity contribution in [2.24, 2.45) is 0 Å². The molecule has 4 heteroatoms. The van der Waals surface area contributed by atoms with Gasteiger partial charge in [0, 0.05) is 18.6 Å². The highest BCUT2D eigenvalue weighted by molar-refractivity contribution is 5.35. The van der Waals surface area contributed by atoms with Gasteiger partial charge >= 0.3 is 6.18 Å². The highest BCUT2D eigenvalue weighted by Gasteiger charge is 2.64. The highest BCUT2D eigenvalue weighted by Crippen LogP contribution is 2.58. The van der Waals surface area contributed by atoms with Crippen LogP contribution in [0.5, 0.6) is 0 Å². The Hall–Kier alpha value is -1.81. The summed E-state index contributed by atoms with van der Waals surface area (Å²) in [6.07, 6.45) is 0.320. The van der Waals surface area contributed by atoms with Crippen molar-refractivity contribution in [1.82, 2.24) is 4.90 Å². The fourth-order valence-electron chi connectivity index (χ4n) is 4.55. The minimum absolute atomic E-state index is 0.221. The molecule has 0 aromatic heterocycles.